The molecule has 0 bridgehead atoms. The van der Waals surface area contributed by atoms with E-state index < -0.39 is 42.6 Å². The first-order valence-corrected chi connectivity index (χ1v) is 13.5. The standard InChI is InChI=1S/C27H26Cl2F3N3O7/c1-4-39-21(37)13-20-25-33-34-26(27(30,31)32)35(25)23-17(24(42-20)16-7-5-8-18(38-3)22(16)29)11-15(28)12-19(23)41-10-6-9-40-14(2)36/h5,7-8,11-12,20,24H,4,6,9-10,13H2,1-3H3/t20-,24-/m0/s1. The van der Waals surface area contributed by atoms with Gasteiger partial charge in [0.25, 0.3) is 0 Å². The number of rotatable bonds is 10. The van der Waals surface area contributed by atoms with Crippen LogP contribution in [-0.4, -0.2) is 53.6 Å². The average molecular weight is 632 g/mol. The minimum absolute atomic E-state index is 0.0243. The molecular weight excluding hydrogens is 606 g/mol. The summed E-state index contributed by atoms with van der Waals surface area (Å²) in [6, 6.07) is 7.60. The lowest BCUT2D eigenvalue weighted by Crippen LogP contribution is -2.19. The number of esters is 2. The molecule has 0 saturated carbocycles. The molecule has 4 rings (SSSR count). The Bertz CT molecular complexity index is 1470. The zero-order chi connectivity index (χ0) is 30.6. The highest BCUT2D eigenvalue weighted by Crippen LogP contribution is 2.49. The molecule has 1 aliphatic heterocycles. The fourth-order valence-electron chi connectivity index (χ4n) is 4.45. The Labute approximate surface area is 248 Å². The van der Waals surface area contributed by atoms with Crippen molar-refractivity contribution >= 4 is 35.1 Å². The summed E-state index contributed by atoms with van der Waals surface area (Å²) in [4.78, 5) is 23.7. The van der Waals surface area contributed by atoms with E-state index in [4.69, 9.17) is 46.9 Å². The van der Waals surface area contributed by atoms with Crippen molar-refractivity contribution in [1.29, 1.82) is 0 Å². The first kappa shape index (κ1) is 31.4. The van der Waals surface area contributed by atoms with Gasteiger partial charge in [-0.25, -0.2) is 0 Å². The number of carbonyl (C=O) groups excluding carboxylic acids is 2. The molecule has 1 aromatic heterocycles. The predicted molar refractivity (Wildman–Crippen MR) is 143 cm³/mol. The van der Waals surface area contributed by atoms with Crippen molar-refractivity contribution in [3.05, 3.63) is 63.2 Å². The van der Waals surface area contributed by atoms with E-state index in [-0.39, 0.29) is 64.9 Å². The third-order valence-corrected chi connectivity index (χ3v) is 6.73. The van der Waals surface area contributed by atoms with Gasteiger partial charge in [0.1, 0.15) is 23.7 Å². The number of ether oxygens (including phenoxy) is 5. The number of methoxy groups -OCH3 is 1. The van der Waals surface area contributed by atoms with Gasteiger partial charge in [0.05, 0.1) is 44.1 Å². The minimum Gasteiger partial charge on any atom is -0.495 e. The van der Waals surface area contributed by atoms with Crippen LogP contribution in [0.1, 0.15) is 61.7 Å². The molecule has 0 amide bonds. The molecule has 42 heavy (non-hydrogen) atoms. The lowest BCUT2D eigenvalue weighted by Gasteiger charge is -2.24. The SMILES string of the molecule is CCOC(=O)C[C@@H]1O[C@@H](c2cccc(OC)c2Cl)c2cc(Cl)cc(OCCCOC(C)=O)c2-n2c1nnc2C(F)(F)F. The fraction of sp³-hybridized carbons (Fsp3) is 0.407. The van der Waals surface area contributed by atoms with Crippen LogP contribution in [0.3, 0.4) is 0 Å². The van der Waals surface area contributed by atoms with Gasteiger partial charge in [-0.05, 0) is 19.1 Å². The molecule has 226 valence electrons. The van der Waals surface area contributed by atoms with Crippen molar-refractivity contribution in [2.24, 2.45) is 0 Å². The Hall–Kier alpha value is -3.55. The van der Waals surface area contributed by atoms with Crippen LogP contribution in [-0.2, 0) is 30.0 Å². The summed E-state index contributed by atoms with van der Waals surface area (Å²) in [7, 11) is 1.41. The van der Waals surface area contributed by atoms with Gasteiger partial charge in [-0.2, -0.15) is 13.2 Å². The fourth-order valence-corrected chi connectivity index (χ4v) is 4.97. The maximum Gasteiger partial charge on any atom is 0.452 e. The molecular formula is C27H26Cl2F3N3O7. The molecule has 0 aliphatic carbocycles. The molecule has 15 heteroatoms. The van der Waals surface area contributed by atoms with Gasteiger partial charge in [0, 0.05) is 35.6 Å². The van der Waals surface area contributed by atoms with Gasteiger partial charge < -0.3 is 23.7 Å². The number of aromatic nitrogens is 3. The third kappa shape index (κ3) is 6.74. The van der Waals surface area contributed by atoms with Crippen LogP contribution in [0.15, 0.2) is 30.3 Å². The Morgan fingerprint density at radius 1 is 1.07 bits per heavy atom. The van der Waals surface area contributed by atoms with Gasteiger partial charge in [0.2, 0.25) is 5.82 Å². The number of halogens is 5. The first-order chi connectivity index (χ1) is 20.0. The summed E-state index contributed by atoms with van der Waals surface area (Å²) in [5, 5.41) is 7.46. The Balaban J connectivity index is 1.96. The van der Waals surface area contributed by atoms with Gasteiger partial charge in [0.15, 0.2) is 5.82 Å². The van der Waals surface area contributed by atoms with Crippen molar-refractivity contribution in [3.8, 4) is 17.2 Å². The van der Waals surface area contributed by atoms with Crippen LogP contribution < -0.4 is 9.47 Å². The summed E-state index contributed by atoms with van der Waals surface area (Å²) in [5.74, 6) is -2.68. The van der Waals surface area contributed by atoms with Crippen LogP contribution in [0, 0.1) is 0 Å². The Morgan fingerprint density at radius 3 is 2.50 bits per heavy atom. The van der Waals surface area contributed by atoms with E-state index in [1.165, 1.54) is 26.2 Å². The van der Waals surface area contributed by atoms with E-state index in [9.17, 15) is 22.8 Å². The maximum atomic E-state index is 14.4. The summed E-state index contributed by atoms with van der Waals surface area (Å²) >= 11 is 13.1. The first-order valence-electron chi connectivity index (χ1n) is 12.7. The average Bonchev–Trinajstić information content (AvgIpc) is 3.31. The molecule has 0 unspecified atom stereocenters. The number of hydrogen-bond acceptors (Lipinski definition) is 9. The van der Waals surface area contributed by atoms with E-state index >= 15 is 0 Å². The van der Waals surface area contributed by atoms with Gasteiger partial charge >= 0.3 is 18.1 Å². The topological polar surface area (TPSA) is 111 Å². The summed E-state index contributed by atoms with van der Waals surface area (Å²) in [6.45, 7) is 2.86. The molecule has 3 aromatic rings. The third-order valence-electron chi connectivity index (χ3n) is 6.11. The van der Waals surface area contributed by atoms with E-state index in [1.807, 2.05) is 0 Å². The molecule has 1 aliphatic rings. The van der Waals surface area contributed by atoms with Gasteiger partial charge in [-0.1, -0.05) is 35.3 Å². The van der Waals surface area contributed by atoms with Crippen molar-refractivity contribution in [2.45, 2.75) is 45.1 Å². The highest BCUT2D eigenvalue weighted by Gasteiger charge is 2.45. The highest BCUT2D eigenvalue weighted by molar-refractivity contribution is 6.33. The maximum absolute atomic E-state index is 14.4. The monoisotopic (exact) mass is 631 g/mol. The van der Waals surface area contributed by atoms with Gasteiger partial charge in [-0.3, -0.25) is 14.2 Å². The zero-order valence-electron chi connectivity index (χ0n) is 22.7. The number of benzene rings is 2. The van der Waals surface area contributed by atoms with E-state index in [1.54, 1.807) is 25.1 Å². The number of hydrogen-bond donors (Lipinski definition) is 0. The van der Waals surface area contributed by atoms with Crippen LogP contribution in [0.5, 0.6) is 11.5 Å². The van der Waals surface area contributed by atoms with Crippen LogP contribution in [0.25, 0.3) is 5.69 Å². The molecule has 0 radical (unpaired) electrons. The summed E-state index contributed by atoms with van der Waals surface area (Å²) in [5.41, 5.74) is 0.335. The van der Waals surface area contributed by atoms with Gasteiger partial charge in [-0.15, -0.1) is 10.2 Å². The van der Waals surface area contributed by atoms with Crippen molar-refractivity contribution < 1.29 is 46.4 Å². The molecule has 10 nitrogen and oxygen atoms in total. The molecule has 0 spiro atoms. The smallest absolute Gasteiger partial charge is 0.452 e. The Kier molecular flexibility index (Phi) is 9.85. The quantitative estimate of drug-likeness (QED) is 0.195. The van der Waals surface area contributed by atoms with Crippen LogP contribution >= 0.6 is 23.2 Å². The minimum atomic E-state index is -4.96. The number of nitrogens with zero attached hydrogens (tertiary/aromatic N) is 3. The lowest BCUT2D eigenvalue weighted by atomic mass is 9.98. The summed E-state index contributed by atoms with van der Waals surface area (Å²) in [6.07, 6.45) is -7.75. The second kappa shape index (κ2) is 13.2. The highest BCUT2D eigenvalue weighted by atomic mass is 35.5. The predicted octanol–water partition coefficient (Wildman–Crippen LogP) is 6.05. The van der Waals surface area contributed by atoms with Crippen molar-refractivity contribution in [2.75, 3.05) is 26.9 Å². The molecule has 0 saturated heterocycles. The second-order valence-corrected chi connectivity index (χ2v) is 9.79. The molecule has 0 fully saturated rings. The Morgan fingerprint density at radius 2 is 1.83 bits per heavy atom. The zero-order valence-corrected chi connectivity index (χ0v) is 24.2. The number of carbonyl (C=O) groups is 2. The largest absolute Gasteiger partial charge is 0.495 e. The van der Waals surface area contributed by atoms with E-state index in [2.05, 4.69) is 10.2 Å². The van der Waals surface area contributed by atoms with E-state index in [0.717, 1.165) is 4.57 Å². The van der Waals surface area contributed by atoms with E-state index in [0.29, 0.717) is 5.56 Å². The number of alkyl halides is 3. The molecule has 2 heterocycles. The molecule has 0 N–H and O–H groups in total. The summed E-state index contributed by atoms with van der Waals surface area (Å²) < 4.78 is 71.4. The normalized spacial score (nSPS) is 16.2. The molecule has 2 atom stereocenters. The molecule has 2 aromatic carbocycles. The lowest BCUT2D eigenvalue weighted by molar-refractivity contribution is -0.147. The second-order valence-electron chi connectivity index (χ2n) is 8.98. The van der Waals surface area contributed by atoms with Crippen LogP contribution in [0.2, 0.25) is 10.0 Å². The van der Waals surface area contributed by atoms with Crippen molar-refractivity contribution in [1.82, 2.24) is 14.8 Å². The van der Waals surface area contributed by atoms with Crippen LogP contribution in [0.4, 0.5) is 13.2 Å². The number of fused-ring (bicyclic) bond motifs is 3. The van der Waals surface area contributed by atoms with Crippen molar-refractivity contribution in [3.63, 3.8) is 0 Å².